The maximum atomic E-state index is 14.3. The summed E-state index contributed by atoms with van der Waals surface area (Å²) < 4.78 is 20.3. The van der Waals surface area contributed by atoms with Crippen molar-refractivity contribution in [2.24, 2.45) is 5.92 Å². The number of aliphatic carboxylic acids is 1. The standard InChI is InChI=1S/C23H20ClFN2O4/c24-17-5-3-15(4-6-17)21-22(16-7-14(11-26)8-18(25)9-16)31-19(10-20(28)29)23(30)27(21)12-13-1-2-13/h3-9,13,19,21-22H,1-2,10,12H2,(H,28,29)/t19-,21-,22-/m1/s1. The zero-order valence-electron chi connectivity index (χ0n) is 16.5. The molecule has 1 aliphatic carbocycles. The van der Waals surface area contributed by atoms with Gasteiger partial charge in [-0.25, -0.2) is 4.39 Å². The highest BCUT2D eigenvalue weighted by Crippen LogP contribution is 2.45. The van der Waals surface area contributed by atoms with Crippen molar-refractivity contribution in [1.82, 2.24) is 4.90 Å². The van der Waals surface area contributed by atoms with E-state index in [0.29, 0.717) is 23.0 Å². The Labute approximate surface area is 183 Å². The highest BCUT2D eigenvalue weighted by molar-refractivity contribution is 6.30. The van der Waals surface area contributed by atoms with Crippen LogP contribution >= 0.6 is 11.6 Å². The number of nitriles is 1. The van der Waals surface area contributed by atoms with Crippen molar-refractivity contribution in [2.45, 2.75) is 37.5 Å². The molecule has 1 heterocycles. The summed E-state index contributed by atoms with van der Waals surface area (Å²) in [4.78, 5) is 26.3. The first-order chi connectivity index (χ1) is 14.9. The van der Waals surface area contributed by atoms with E-state index in [4.69, 9.17) is 16.3 Å². The quantitative estimate of drug-likeness (QED) is 0.722. The zero-order chi connectivity index (χ0) is 22.1. The number of amides is 1. The summed E-state index contributed by atoms with van der Waals surface area (Å²) in [6.45, 7) is 0.461. The van der Waals surface area contributed by atoms with Crippen molar-refractivity contribution < 1.29 is 23.8 Å². The molecular weight excluding hydrogens is 423 g/mol. The molecule has 160 valence electrons. The second kappa shape index (κ2) is 8.66. The minimum absolute atomic E-state index is 0.119. The molecule has 3 atom stereocenters. The number of hydrogen-bond donors (Lipinski definition) is 1. The maximum Gasteiger partial charge on any atom is 0.306 e. The lowest BCUT2D eigenvalue weighted by Crippen LogP contribution is -2.52. The molecule has 4 rings (SSSR count). The van der Waals surface area contributed by atoms with Crippen LogP contribution in [-0.2, 0) is 14.3 Å². The van der Waals surface area contributed by atoms with Crippen molar-refractivity contribution in [2.75, 3.05) is 6.54 Å². The van der Waals surface area contributed by atoms with Crippen LogP contribution in [0.1, 0.15) is 48.1 Å². The first-order valence-corrected chi connectivity index (χ1v) is 10.4. The maximum absolute atomic E-state index is 14.3. The van der Waals surface area contributed by atoms with Crippen molar-refractivity contribution in [1.29, 1.82) is 5.26 Å². The van der Waals surface area contributed by atoms with E-state index < -0.39 is 42.4 Å². The van der Waals surface area contributed by atoms with Gasteiger partial charge in [-0.15, -0.1) is 0 Å². The normalized spacial score (nSPS) is 23.5. The highest BCUT2D eigenvalue weighted by Gasteiger charge is 2.46. The fourth-order valence-electron chi connectivity index (χ4n) is 3.99. The molecule has 2 aliphatic rings. The number of morpholine rings is 1. The molecule has 0 unspecified atom stereocenters. The zero-order valence-corrected chi connectivity index (χ0v) is 17.3. The van der Waals surface area contributed by atoms with Gasteiger partial charge in [0.2, 0.25) is 0 Å². The molecule has 6 nitrogen and oxygen atoms in total. The number of hydrogen-bond acceptors (Lipinski definition) is 4. The summed E-state index contributed by atoms with van der Waals surface area (Å²) in [6.07, 6.45) is -0.553. The predicted molar refractivity (Wildman–Crippen MR) is 110 cm³/mol. The summed E-state index contributed by atoms with van der Waals surface area (Å²) in [5.74, 6) is -1.83. The number of carbonyl (C=O) groups is 2. The van der Waals surface area contributed by atoms with Crippen molar-refractivity contribution in [3.05, 3.63) is 70.0 Å². The average molecular weight is 443 g/mol. The summed E-state index contributed by atoms with van der Waals surface area (Å²) in [5.41, 5.74) is 1.23. The van der Waals surface area contributed by atoms with Gasteiger partial charge >= 0.3 is 5.97 Å². The third-order valence-corrected chi connectivity index (χ3v) is 5.85. The molecule has 0 aromatic heterocycles. The number of ether oxygens (including phenoxy) is 1. The van der Waals surface area contributed by atoms with Gasteiger partial charge in [0.05, 0.1) is 24.1 Å². The van der Waals surface area contributed by atoms with Crippen LogP contribution in [0.25, 0.3) is 0 Å². The number of nitrogens with zero attached hydrogens (tertiary/aromatic N) is 2. The number of carboxylic acid groups (broad SMARTS) is 1. The minimum atomic E-state index is -1.20. The largest absolute Gasteiger partial charge is 0.481 e. The Morgan fingerprint density at radius 2 is 1.94 bits per heavy atom. The molecule has 1 saturated heterocycles. The van der Waals surface area contributed by atoms with Crippen molar-refractivity contribution in [3.8, 4) is 6.07 Å². The number of carboxylic acids is 1. The molecular formula is C23H20ClFN2O4. The van der Waals surface area contributed by atoms with Crippen LogP contribution < -0.4 is 0 Å². The van der Waals surface area contributed by atoms with E-state index in [1.165, 1.54) is 12.1 Å². The van der Waals surface area contributed by atoms with Gasteiger partial charge in [0, 0.05) is 11.6 Å². The smallest absolute Gasteiger partial charge is 0.306 e. The molecule has 2 aromatic carbocycles. The fraction of sp³-hybridized carbons (Fsp3) is 0.348. The van der Waals surface area contributed by atoms with E-state index in [1.807, 2.05) is 6.07 Å². The Balaban J connectivity index is 1.82. The first kappa shape index (κ1) is 21.3. The molecule has 1 aliphatic heterocycles. The average Bonchev–Trinajstić information content (AvgIpc) is 3.55. The molecule has 1 N–H and O–H groups in total. The van der Waals surface area contributed by atoms with E-state index in [-0.39, 0.29) is 5.56 Å². The van der Waals surface area contributed by atoms with E-state index in [0.717, 1.165) is 24.5 Å². The topological polar surface area (TPSA) is 90.6 Å². The summed E-state index contributed by atoms with van der Waals surface area (Å²) in [6, 6.07) is 12.2. The monoisotopic (exact) mass is 442 g/mol. The summed E-state index contributed by atoms with van der Waals surface area (Å²) in [7, 11) is 0. The van der Waals surface area contributed by atoms with Gasteiger partial charge in [0.15, 0.2) is 0 Å². The van der Waals surface area contributed by atoms with Gasteiger partial charge in [0.25, 0.3) is 5.91 Å². The molecule has 31 heavy (non-hydrogen) atoms. The molecule has 1 saturated carbocycles. The van der Waals surface area contributed by atoms with Crippen LogP contribution in [-0.4, -0.2) is 34.5 Å². The van der Waals surface area contributed by atoms with Crippen LogP contribution in [0.3, 0.4) is 0 Å². The number of rotatable bonds is 6. The Morgan fingerprint density at radius 1 is 1.23 bits per heavy atom. The van der Waals surface area contributed by atoms with Crippen LogP contribution in [0.4, 0.5) is 4.39 Å². The third kappa shape index (κ3) is 4.71. The van der Waals surface area contributed by atoms with Gasteiger partial charge in [-0.1, -0.05) is 23.7 Å². The van der Waals surface area contributed by atoms with Crippen LogP contribution in [0.5, 0.6) is 0 Å². The van der Waals surface area contributed by atoms with Crippen molar-refractivity contribution >= 4 is 23.5 Å². The molecule has 2 aromatic rings. The highest BCUT2D eigenvalue weighted by atomic mass is 35.5. The Morgan fingerprint density at radius 3 is 2.55 bits per heavy atom. The van der Waals surface area contributed by atoms with Gasteiger partial charge < -0.3 is 14.7 Å². The molecule has 1 amide bonds. The van der Waals surface area contributed by atoms with E-state index in [2.05, 4.69) is 0 Å². The number of halogens is 2. The summed E-state index contributed by atoms with van der Waals surface area (Å²) in [5, 5.41) is 19.1. The lowest BCUT2D eigenvalue weighted by molar-refractivity contribution is -0.179. The first-order valence-electron chi connectivity index (χ1n) is 9.99. The van der Waals surface area contributed by atoms with E-state index >= 15 is 0 Å². The lowest BCUT2D eigenvalue weighted by Gasteiger charge is -2.45. The Kier molecular flexibility index (Phi) is 5.94. The van der Waals surface area contributed by atoms with Crippen LogP contribution in [0.2, 0.25) is 5.02 Å². The Bertz CT molecular complexity index is 1050. The molecule has 0 radical (unpaired) electrons. The van der Waals surface area contributed by atoms with Crippen molar-refractivity contribution in [3.63, 3.8) is 0 Å². The van der Waals surface area contributed by atoms with Gasteiger partial charge in [-0.3, -0.25) is 9.59 Å². The number of benzene rings is 2. The predicted octanol–water partition coefficient (Wildman–Crippen LogP) is 4.25. The molecule has 0 spiro atoms. The number of carbonyl (C=O) groups excluding carboxylic acids is 1. The van der Waals surface area contributed by atoms with Gasteiger partial charge in [0.1, 0.15) is 18.0 Å². The SMILES string of the molecule is N#Cc1cc(F)cc([C@H]2O[C@H](CC(=O)O)C(=O)N(CC3CC3)[C@@H]2c2ccc(Cl)cc2)c1. The van der Waals surface area contributed by atoms with Crippen LogP contribution in [0, 0.1) is 23.1 Å². The molecule has 2 fully saturated rings. The second-order valence-corrected chi connectivity index (χ2v) is 8.40. The van der Waals surface area contributed by atoms with Gasteiger partial charge in [-0.05, 0) is 60.2 Å². The Hall–Kier alpha value is -2.95. The van der Waals surface area contributed by atoms with Gasteiger partial charge in [-0.2, -0.15) is 5.26 Å². The second-order valence-electron chi connectivity index (χ2n) is 7.96. The molecule has 0 bridgehead atoms. The van der Waals surface area contributed by atoms with E-state index in [1.54, 1.807) is 29.2 Å². The lowest BCUT2D eigenvalue weighted by atomic mass is 9.90. The summed E-state index contributed by atoms with van der Waals surface area (Å²) >= 11 is 6.04. The van der Waals surface area contributed by atoms with Crippen LogP contribution in [0.15, 0.2) is 42.5 Å². The molecule has 8 heteroatoms. The third-order valence-electron chi connectivity index (χ3n) is 5.59. The van der Waals surface area contributed by atoms with E-state index in [9.17, 15) is 24.3 Å². The minimum Gasteiger partial charge on any atom is -0.481 e. The fourth-order valence-corrected chi connectivity index (χ4v) is 4.11.